The number of likely N-dealkylation sites (tertiary alicyclic amines) is 1. The number of amidine groups is 1. The van der Waals surface area contributed by atoms with E-state index in [1.165, 1.54) is 16.8 Å². The van der Waals surface area contributed by atoms with Gasteiger partial charge in [-0.3, -0.25) is 9.48 Å². The van der Waals surface area contributed by atoms with Crippen molar-refractivity contribution in [2.45, 2.75) is 31.6 Å². The van der Waals surface area contributed by atoms with Crippen molar-refractivity contribution in [3.8, 4) is 0 Å². The third kappa shape index (κ3) is 4.72. The minimum Gasteiger partial charge on any atom is -0.480 e. The molecule has 2 aliphatic heterocycles. The first-order valence-corrected chi connectivity index (χ1v) is 12.1. The van der Waals surface area contributed by atoms with Gasteiger partial charge in [0.05, 0.1) is 28.7 Å². The molecule has 1 N–H and O–H groups in total. The van der Waals surface area contributed by atoms with Gasteiger partial charge >= 0.3 is 12.1 Å². The maximum absolute atomic E-state index is 13.5. The first-order valence-electron chi connectivity index (χ1n) is 10.9. The highest BCUT2D eigenvalue weighted by atomic mass is 35.5. The minimum absolute atomic E-state index is 0.00348. The van der Waals surface area contributed by atoms with E-state index in [0.717, 1.165) is 17.8 Å². The van der Waals surface area contributed by atoms with Crippen molar-refractivity contribution in [2.24, 2.45) is 4.99 Å². The van der Waals surface area contributed by atoms with Gasteiger partial charge in [0.25, 0.3) is 5.91 Å². The van der Waals surface area contributed by atoms with Gasteiger partial charge in [-0.25, -0.2) is 4.79 Å². The smallest absolute Gasteiger partial charge is 0.416 e. The molecule has 0 aliphatic carbocycles. The molecular weight excluding hydrogens is 517 g/mol. The molecule has 3 aromatic rings. The molecule has 0 spiro atoms. The van der Waals surface area contributed by atoms with Gasteiger partial charge in [0.2, 0.25) is 0 Å². The first kappa shape index (κ1) is 24.4. The molecule has 3 heterocycles. The Hall–Kier alpha value is -3.31. The highest BCUT2D eigenvalue weighted by Crippen LogP contribution is 2.36. The van der Waals surface area contributed by atoms with Crippen LogP contribution in [0.1, 0.15) is 29.5 Å². The number of aliphatic imine (C=N–C) groups is 1. The molecule has 0 saturated carbocycles. The summed E-state index contributed by atoms with van der Waals surface area (Å²) in [5.74, 6) is -1.38. The molecule has 36 heavy (non-hydrogen) atoms. The summed E-state index contributed by atoms with van der Waals surface area (Å²) in [6.07, 6.45) is -0.121. The Morgan fingerprint density at radius 2 is 2.06 bits per heavy atom. The lowest BCUT2D eigenvalue weighted by Crippen LogP contribution is -2.38. The van der Waals surface area contributed by atoms with E-state index in [9.17, 15) is 27.9 Å². The average Bonchev–Trinajstić information content (AvgIpc) is 3.53. The Labute approximate surface area is 212 Å². The van der Waals surface area contributed by atoms with Crippen LogP contribution < -0.4 is 0 Å². The molecule has 1 amide bonds. The fourth-order valence-corrected chi connectivity index (χ4v) is 5.52. The van der Waals surface area contributed by atoms with Crippen LogP contribution in [0.15, 0.2) is 52.5 Å². The van der Waals surface area contributed by atoms with E-state index in [-0.39, 0.29) is 17.1 Å². The second kappa shape index (κ2) is 9.29. The number of rotatable bonds is 4. The van der Waals surface area contributed by atoms with Crippen LogP contribution in [0, 0.1) is 0 Å². The van der Waals surface area contributed by atoms with Crippen molar-refractivity contribution in [1.82, 2.24) is 14.7 Å². The average molecular weight is 535 g/mol. The molecule has 7 nitrogen and oxygen atoms in total. The molecule has 2 aliphatic rings. The van der Waals surface area contributed by atoms with Gasteiger partial charge in [-0.05, 0) is 66.1 Å². The molecule has 186 valence electrons. The Morgan fingerprint density at radius 3 is 2.81 bits per heavy atom. The van der Waals surface area contributed by atoms with E-state index in [1.807, 2.05) is 0 Å². The topological polar surface area (TPSA) is 87.8 Å². The summed E-state index contributed by atoms with van der Waals surface area (Å²) in [4.78, 5) is 30.0. The monoisotopic (exact) mass is 534 g/mol. The number of thioether (sulfide) groups is 1. The van der Waals surface area contributed by atoms with Crippen LogP contribution in [0.25, 0.3) is 17.0 Å². The number of carboxylic acid groups (broad SMARTS) is 1. The zero-order chi connectivity index (χ0) is 25.6. The maximum atomic E-state index is 13.5. The summed E-state index contributed by atoms with van der Waals surface area (Å²) < 4.78 is 41.9. The number of nitrogens with zero attached hydrogens (tertiary/aromatic N) is 4. The quantitative estimate of drug-likeness (QED) is 0.458. The van der Waals surface area contributed by atoms with Crippen LogP contribution in [0.4, 0.5) is 13.2 Å². The largest absolute Gasteiger partial charge is 0.480 e. The maximum Gasteiger partial charge on any atom is 0.416 e. The predicted octanol–water partition coefficient (Wildman–Crippen LogP) is 5.28. The second-order valence-corrected chi connectivity index (χ2v) is 9.87. The number of alkyl halides is 3. The Morgan fingerprint density at radius 1 is 1.25 bits per heavy atom. The van der Waals surface area contributed by atoms with Crippen LogP contribution in [0.5, 0.6) is 0 Å². The standard InChI is InChI=1S/C24H18ClF3N4O3S/c25-16-5-4-14(17(10-16)24(26,27)28)12-32-18-6-3-13(8-15(18)11-29-32)9-20-21(33)30-23(36-20)31-7-1-2-19(31)22(34)35/h3-6,8-11,19H,1-2,7,12H2,(H,34,35)/b20-9-/t19-/m1/s1. The molecule has 0 bridgehead atoms. The van der Waals surface area contributed by atoms with Crippen molar-refractivity contribution < 1.29 is 27.9 Å². The van der Waals surface area contributed by atoms with Crippen LogP contribution in [0.3, 0.4) is 0 Å². The van der Waals surface area contributed by atoms with Crippen molar-refractivity contribution in [1.29, 1.82) is 0 Å². The summed E-state index contributed by atoms with van der Waals surface area (Å²) in [5.41, 5.74) is 0.551. The highest BCUT2D eigenvalue weighted by Gasteiger charge is 2.37. The number of hydrogen-bond acceptors (Lipinski definition) is 5. The molecule has 12 heteroatoms. The Balaban J connectivity index is 1.37. The molecule has 0 unspecified atom stereocenters. The van der Waals surface area contributed by atoms with Gasteiger partial charge in [-0.15, -0.1) is 0 Å². The van der Waals surface area contributed by atoms with Gasteiger partial charge in [0.15, 0.2) is 5.17 Å². The normalized spacial score (nSPS) is 19.5. The number of benzene rings is 2. The Bertz CT molecular complexity index is 1450. The number of fused-ring (bicyclic) bond motifs is 1. The van der Waals surface area contributed by atoms with Gasteiger partial charge in [-0.2, -0.15) is 23.3 Å². The van der Waals surface area contributed by atoms with Gasteiger partial charge in [-0.1, -0.05) is 23.7 Å². The number of aromatic nitrogens is 2. The zero-order valence-corrected chi connectivity index (χ0v) is 20.1. The van der Waals surface area contributed by atoms with Gasteiger partial charge in [0.1, 0.15) is 6.04 Å². The predicted molar refractivity (Wildman–Crippen MR) is 131 cm³/mol. The minimum atomic E-state index is -4.55. The zero-order valence-electron chi connectivity index (χ0n) is 18.5. The van der Waals surface area contributed by atoms with E-state index < -0.39 is 29.7 Å². The lowest BCUT2D eigenvalue weighted by molar-refractivity contribution is -0.141. The number of amides is 1. The van der Waals surface area contributed by atoms with E-state index in [4.69, 9.17) is 11.6 Å². The summed E-state index contributed by atoms with van der Waals surface area (Å²) in [7, 11) is 0. The molecule has 0 radical (unpaired) electrons. The van der Waals surface area contributed by atoms with Crippen LogP contribution in [0.2, 0.25) is 5.02 Å². The number of hydrogen-bond donors (Lipinski definition) is 1. The summed E-state index contributed by atoms with van der Waals surface area (Å²) in [5, 5.41) is 14.7. The second-order valence-electron chi connectivity index (χ2n) is 8.42. The summed E-state index contributed by atoms with van der Waals surface area (Å²) in [6, 6.07) is 8.21. The number of carboxylic acids is 1. The molecule has 1 saturated heterocycles. The molecule has 2 aromatic carbocycles. The number of aliphatic carboxylic acids is 1. The first-order chi connectivity index (χ1) is 17.1. The van der Waals surface area contributed by atoms with E-state index in [1.54, 1.807) is 35.4 Å². The fraction of sp³-hybridized carbons (Fsp3) is 0.250. The molecule has 1 fully saturated rings. The SMILES string of the molecule is O=C1N=C(N2CCC[C@@H]2C(=O)O)S/C1=C\c1ccc2c(cnn2Cc2ccc(Cl)cc2C(F)(F)F)c1. The van der Waals surface area contributed by atoms with Crippen LogP contribution in [-0.4, -0.2) is 49.4 Å². The summed E-state index contributed by atoms with van der Waals surface area (Å²) >= 11 is 6.91. The van der Waals surface area contributed by atoms with Gasteiger partial charge < -0.3 is 10.0 Å². The number of halogens is 4. The lowest BCUT2D eigenvalue weighted by Gasteiger charge is -2.21. The van der Waals surface area contributed by atoms with E-state index in [2.05, 4.69) is 10.1 Å². The lowest BCUT2D eigenvalue weighted by atomic mass is 10.1. The van der Waals surface area contributed by atoms with Crippen molar-refractivity contribution in [3.05, 3.63) is 69.2 Å². The molecule has 5 rings (SSSR count). The van der Waals surface area contributed by atoms with Crippen LogP contribution >= 0.6 is 23.4 Å². The fourth-order valence-electron chi connectivity index (χ4n) is 4.36. The highest BCUT2D eigenvalue weighted by molar-refractivity contribution is 8.18. The summed E-state index contributed by atoms with van der Waals surface area (Å²) in [6.45, 7) is 0.431. The third-order valence-electron chi connectivity index (χ3n) is 6.05. The van der Waals surface area contributed by atoms with Crippen LogP contribution in [-0.2, 0) is 22.3 Å². The molecule has 1 atom stereocenters. The molecular formula is C24H18ClF3N4O3S. The Kier molecular flexibility index (Phi) is 6.29. The number of carbonyl (C=O) groups is 2. The number of carbonyl (C=O) groups excluding carboxylic acids is 1. The van der Waals surface area contributed by atoms with Crippen molar-refractivity contribution in [3.63, 3.8) is 0 Å². The van der Waals surface area contributed by atoms with E-state index in [0.29, 0.717) is 45.9 Å². The van der Waals surface area contributed by atoms with Crippen molar-refractivity contribution >= 4 is 57.4 Å². The van der Waals surface area contributed by atoms with E-state index >= 15 is 0 Å². The van der Waals surface area contributed by atoms with Gasteiger partial charge in [0, 0.05) is 17.0 Å². The van der Waals surface area contributed by atoms with Crippen molar-refractivity contribution in [2.75, 3.05) is 6.54 Å². The third-order valence-corrected chi connectivity index (χ3v) is 7.31. The molecule has 1 aromatic heterocycles.